The van der Waals surface area contributed by atoms with Gasteiger partial charge in [-0.1, -0.05) is 13.8 Å². The Balaban J connectivity index is 1.49. The highest BCUT2D eigenvalue weighted by molar-refractivity contribution is 7.91. The molecule has 25 heavy (non-hydrogen) atoms. The molecule has 3 saturated heterocycles. The van der Waals surface area contributed by atoms with Gasteiger partial charge in [0.05, 0.1) is 18.2 Å². The minimum atomic E-state index is -2.87. The molecule has 1 N–H and O–H groups in total. The van der Waals surface area contributed by atoms with E-state index in [1.807, 2.05) is 13.8 Å². The minimum Gasteiger partial charge on any atom is -0.326 e. The Morgan fingerprint density at radius 3 is 2.40 bits per heavy atom. The van der Waals surface area contributed by atoms with E-state index in [1.165, 1.54) is 4.90 Å². The van der Waals surface area contributed by atoms with E-state index < -0.39 is 15.9 Å². The number of rotatable bonds is 5. The van der Waals surface area contributed by atoms with E-state index in [0.717, 1.165) is 26.2 Å². The molecule has 3 aliphatic rings. The number of piperazine rings is 1. The average Bonchev–Trinajstić information content (AvgIpc) is 3.02. The molecule has 3 fully saturated rings. The van der Waals surface area contributed by atoms with E-state index in [9.17, 15) is 18.0 Å². The molecule has 0 radical (unpaired) electrons. The molecule has 0 spiro atoms. The molecule has 3 heterocycles. The number of carbonyl (C=O) groups excluding carboxylic acids is 2. The highest BCUT2D eigenvalue weighted by atomic mass is 32.2. The summed E-state index contributed by atoms with van der Waals surface area (Å²) in [6.07, 6.45) is 1.37. The maximum atomic E-state index is 12.4. The fraction of sp³-hybridized carbons (Fsp3) is 0.875. The molecule has 9 heteroatoms. The van der Waals surface area contributed by atoms with Crippen LogP contribution in [0.15, 0.2) is 0 Å². The summed E-state index contributed by atoms with van der Waals surface area (Å²) in [6, 6.07) is -0.586. The molecule has 3 aliphatic heterocycles. The largest absolute Gasteiger partial charge is 0.326 e. The van der Waals surface area contributed by atoms with Crippen LogP contribution in [-0.4, -0.2) is 91.5 Å². The van der Waals surface area contributed by atoms with E-state index in [2.05, 4.69) is 15.1 Å². The smallest absolute Gasteiger partial charge is 0.325 e. The lowest BCUT2D eigenvalue weighted by Crippen LogP contribution is -2.53. The first kappa shape index (κ1) is 18.6. The van der Waals surface area contributed by atoms with Crippen LogP contribution in [0.4, 0.5) is 4.79 Å². The number of nitrogens with one attached hydrogen (secondary N) is 1. The lowest BCUT2D eigenvalue weighted by molar-refractivity contribution is -0.129. The lowest BCUT2D eigenvalue weighted by Gasteiger charge is -2.38. The molecule has 3 amide bonds. The van der Waals surface area contributed by atoms with E-state index in [4.69, 9.17) is 0 Å². The van der Waals surface area contributed by atoms with Crippen molar-refractivity contribution >= 4 is 21.8 Å². The number of nitrogens with zero attached hydrogens (tertiary/aromatic N) is 3. The van der Waals surface area contributed by atoms with Crippen molar-refractivity contribution in [2.24, 2.45) is 5.92 Å². The molecule has 0 aromatic carbocycles. The maximum absolute atomic E-state index is 12.4. The van der Waals surface area contributed by atoms with Crippen molar-refractivity contribution in [3.63, 3.8) is 0 Å². The van der Waals surface area contributed by atoms with Crippen LogP contribution >= 0.6 is 0 Å². The predicted molar refractivity (Wildman–Crippen MR) is 93.7 cm³/mol. The van der Waals surface area contributed by atoms with Gasteiger partial charge in [0.2, 0.25) is 0 Å². The number of carbonyl (C=O) groups is 2. The molecular formula is C16H28N4O4S. The Morgan fingerprint density at radius 1 is 1.16 bits per heavy atom. The van der Waals surface area contributed by atoms with Crippen molar-refractivity contribution in [1.82, 2.24) is 20.0 Å². The fourth-order valence-electron chi connectivity index (χ4n) is 3.88. The molecule has 2 unspecified atom stereocenters. The number of hydrogen-bond donors (Lipinski definition) is 1. The third-order valence-electron chi connectivity index (χ3n) is 5.29. The normalized spacial score (nSPS) is 31.1. The van der Waals surface area contributed by atoms with Gasteiger partial charge in [0.1, 0.15) is 6.04 Å². The highest BCUT2D eigenvalue weighted by Gasteiger charge is 2.40. The van der Waals surface area contributed by atoms with Crippen molar-refractivity contribution in [3.8, 4) is 0 Å². The van der Waals surface area contributed by atoms with Gasteiger partial charge in [-0.3, -0.25) is 14.6 Å². The number of urea groups is 1. The second kappa shape index (κ2) is 7.20. The number of amides is 3. The first-order valence-electron chi connectivity index (χ1n) is 9.04. The highest BCUT2D eigenvalue weighted by Crippen LogP contribution is 2.20. The number of imide groups is 1. The monoisotopic (exact) mass is 372 g/mol. The molecule has 2 atom stereocenters. The van der Waals surface area contributed by atoms with Crippen LogP contribution in [0.2, 0.25) is 0 Å². The molecule has 0 bridgehead atoms. The van der Waals surface area contributed by atoms with E-state index >= 15 is 0 Å². The van der Waals surface area contributed by atoms with E-state index in [0.29, 0.717) is 25.4 Å². The third-order valence-corrected chi connectivity index (χ3v) is 7.04. The lowest BCUT2D eigenvalue weighted by atomic mass is 10.0. The van der Waals surface area contributed by atoms with Crippen LogP contribution in [0.3, 0.4) is 0 Å². The standard InChI is InChI=1S/C16H28N4O4S/c1-12(2)9-14-15(21)20(16(22)17-14)11-18-4-6-19(7-5-18)13-3-8-25(23,24)10-13/h12-14H,3-11H2,1-2H3,(H,17,22). The maximum Gasteiger partial charge on any atom is 0.325 e. The van der Waals surface area contributed by atoms with Gasteiger partial charge in [-0.15, -0.1) is 0 Å². The van der Waals surface area contributed by atoms with Gasteiger partial charge in [-0.2, -0.15) is 0 Å². The SMILES string of the molecule is CC(C)CC1NC(=O)N(CN2CCN(C3CCS(=O)(=O)C3)CC2)C1=O. The molecule has 8 nitrogen and oxygen atoms in total. The van der Waals surface area contributed by atoms with Gasteiger partial charge in [0.25, 0.3) is 5.91 Å². The average molecular weight is 372 g/mol. The van der Waals surface area contributed by atoms with E-state index in [-0.39, 0.29) is 29.5 Å². The van der Waals surface area contributed by atoms with Gasteiger partial charge in [-0.05, 0) is 18.8 Å². The molecule has 0 aromatic heterocycles. The van der Waals surface area contributed by atoms with Crippen LogP contribution in [-0.2, 0) is 14.6 Å². The Hall–Kier alpha value is -1.19. The summed E-state index contributed by atoms with van der Waals surface area (Å²) >= 11 is 0. The zero-order valence-electron chi connectivity index (χ0n) is 15.0. The van der Waals surface area contributed by atoms with Crippen molar-refractivity contribution in [3.05, 3.63) is 0 Å². The predicted octanol–water partition coefficient (Wildman–Crippen LogP) is -0.285. The van der Waals surface area contributed by atoms with Crippen molar-refractivity contribution in [1.29, 1.82) is 0 Å². The first-order valence-corrected chi connectivity index (χ1v) is 10.9. The second-order valence-electron chi connectivity index (χ2n) is 7.75. The summed E-state index contributed by atoms with van der Waals surface area (Å²) in [6.45, 7) is 7.41. The zero-order valence-corrected chi connectivity index (χ0v) is 15.8. The van der Waals surface area contributed by atoms with E-state index in [1.54, 1.807) is 0 Å². The number of sulfone groups is 1. The first-order chi connectivity index (χ1) is 11.7. The van der Waals surface area contributed by atoms with Crippen molar-refractivity contribution < 1.29 is 18.0 Å². The van der Waals surface area contributed by atoms with Gasteiger partial charge in [0, 0.05) is 32.2 Å². The van der Waals surface area contributed by atoms with Gasteiger partial charge in [0.15, 0.2) is 9.84 Å². The summed E-state index contributed by atoms with van der Waals surface area (Å²) < 4.78 is 23.3. The molecule has 0 aliphatic carbocycles. The van der Waals surface area contributed by atoms with Crippen molar-refractivity contribution in [2.75, 3.05) is 44.4 Å². The fourth-order valence-corrected chi connectivity index (χ4v) is 5.64. The molecule has 0 aromatic rings. The molecule has 142 valence electrons. The summed E-state index contributed by atoms with van der Waals surface area (Å²) in [7, 11) is -2.87. The molecule has 0 saturated carbocycles. The second-order valence-corrected chi connectivity index (χ2v) is 9.98. The number of hydrogen-bond acceptors (Lipinski definition) is 6. The summed E-state index contributed by atoms with van der Waals surface area (Å²) in [5.74, 6) is 0.762. The molecular weight excluding hydrogens is 344 g/mol. The summed E-state index contributed by atoms with van der Waals surface area (Å²) in [5, 5.41) is 2.77. The minimum absolute atomic E-state index is 0.124. The Kier molecular flexibility index (Phi) is 5.36. The van der Waals surface area contributed by atoms with Crippen molar-refractivity contribution in [2.45, 2.75) is 38.8 Å². The zero-order chi connectivity index (χ0) is 18.2. The van der Waals surface area contributed by atoms with Gasteiger partial charge in [-0.25, -0.2) is 18.1 Å². The van der Waals surface area contributed by atoms with Crippen LogP contribution in [0.1, 0.15) is 26.7 Å². The van der Waals surface area contributed by atoms with Crippen LogP contribution in [0, 0.1) is 5.92 Å². The van der Waals surface area contributed by atoms with Crippen LogP contribution < -0.4 is 5.32 Å². The van der Waals surface area contributed by atoms with Gasteiger partial charge >= 0.3 is 6.03 Å². The Labute approximate surface area is 149 Å². The summed E-state index contributed by atoms with van der Waals surface area (Å²) in [5.41, 5.74) is 0. The van der Waals surface area contributed by atoms with Gasteiger partial charge < -0.3 is 5.32 Å². The quantitative estimate of drug-likeness (QED) is 0.668. The Morgan fingerprint density at radius 2 is 1.84 bits per heavy atom. The van der Waals surface area contributed by atoms with Crippen LogP contribution in [0.25, 0.3) is 0 Å². The third kappa shape index (κ3) is 4.32. The molecule has 3 rings (SSSR count). The topological polar surface area (TPSA) is 90.0 Å². The summed E-state index contributed by atoms with van der Waals surface area (Å²) in [4.78, 5) is 30.1. The van der Waals surface area contributed by atoms with Crippen LogP contribution in [0.5, 0.6) is 0 Å². The Bertz CT molecular complexity index is 628.